The van der Waals surface area contributed by atoms with E-state index in [4.69, 9.17) is 28.3 Å². The Morgan fingerprint density at radius 1 is 1.15 bits per heavy atom. The van der Waals surface area contributed by atoms with E-state index in [1.165, 1.54) is 0 Å². The van der Waals surface area contributed by atoms with Crippen LogP contribution >= 0.6 is 23.2 Å². The second kappa shape index (κ2) is 6.66. The van der Waals surface area contributed by atoms with Crippen LogP contribution in [0.1, 0.15) is 11.1 Å². The highest BCUT2D eigenvalue weighted by atomic mass is 35.5. The van der Waals surface area contributed by atoms with E-state index < -0.39 is 6.61 Å². The summed E-state index contributed by atoms with van der Waals surface area (Å²) < 4.78 is 0. The van der Waals surface area contributed by atoms with Crippen LogP contribution in [0.15, 0.2) is 42.7 Å². The first-order valence-corrected chi connectivity index (χ1v) is 6.58. The van der Waals surface area contributed by atoms with Crippen LogP contribution in [0.2, 0.25) is 10.0 Å². The van der Waals surface area contributed by atoms with Crippen molar-refractivity contribution in [3.8, 4) is 0 Å². The fourth-order valence-electron chi connectivity index (χ4n) is 1.70. The topological polar surface area (TPSA) is 50.2 Å². The number of aromatic nitrogens is 1. The van der Waals surface area contributed by atoms with Crippen molar-refractivity contribution in [1.29, 1.82) is 0 Å². The molecule has 1 N–H and O–H groups in total. The van der Waals surface area contributed by atoms with Crippen LogP contribution in [0.4, 0.5) is 0 Å². The van der Waals surface area contributed by atoms with Crippen LogP contribution in [-0.4, -0.2) is 22.5 Å². The highest BCUT2D eigenvalue weighted by Gasteiger charge is 2.12. The third-order valence-corrected chi connectivity index (χ3v) is 3.43. The fourth-order valence-corrected chi connectivity index (χ4v) is 2.00. The van der Waals surface area contributed by atoms with Crippen LogP contribution in [-0.2, 0) is 4.79 Å². The fraction of sp³-hybridized carbons (Fsp3) is 0.0667. The van der Waals surface area contributed by atoms with E-state index in [0.29, 0.717) is 21.2 Å². The molecule has 0 saturated heterocycles. The van der Waals surface area contributed by atoms with Crippen molar-refractivity contribution in [2.45, 2.75) is 0 Å². The van der Waals surface area contributed by atoms with Crippen molar-refractivity contribution in [2.75, 3.05) is 6.61 Å². The Hall–Kier alpha value is -1.68. The van der Waals surface area contributed by atoms with Gasteiger partial charge in [0.25, 0.3) is 0 Å². The lowest BCUT2D eigenvalue weighted by molar-refractivity contribution is -0.116. The standard InChI is InChI=1S/C15H11Cl2NO2/c16-13-2-1-11(8-14(13)17)12(15(20)9-19)7-10-3-5-18-6-4-10/h1-8,19H,9H2. The summed E-state index contributed by atoms with van der Waals surface area (Å²) in [5.41, 5.74) is 1.79. The number of hydrogen-bond donors (Lipinski definition) is 1. The van der Waals surface area contributed by atoms with Crippen molar-refractivity contribution in [3.63, 3.8) is 0 Å². The summed E-state index contributed by atoms with van der Waals surface area (Å²) in [6, 6.07) is 8.44. The van der Waals surface area contributed by atoms with E-state index in [1.54, 1.807) is 48.8 Å². The molecule has 1 aromatic carbocycles. The maximum absolute atomic E-state index is 11.9. The lowest BCUT2D eigenvalue weighted by Crippen LogP contribution is -2.06. The molecule has 3 nitrogen and oxygen atoms in total. The Bertz CT molecular complexity index is 654. The van der Waals surface area contributed by atoms with Crippen LogP contribution in [0.5, 0.6) is 0 Å². The normalized spacial score (nSPS) is 11.4. The third kappa shape index (κ3) is 3.45. The number of pyridine rings is 1. The molecule has 0 aliphatic heterocycles. The number of aliphatic hydroxyl groups is 1. The van der Waals surface area contributed by atoms with Gasteiger partial charge in [-0.3, -0.25) is 9.78 Å². The molecule has 0 radical (unpaired) electrons. The molecule has 0 amide bonds. The molecule has 0 aliphatic carbocycles. The molecule has 0 saturated carbocycles. The lowest BCUT2D eigenvalue weighted by atomic mass is 9.99. The van der Waals surface area contributed by atoms with Gasteiger partial charge in [0.05, 0.1) is 10.0 Å². The Morgan fingerprint density at radius 3 is 2.45 bits per heavy atom. The first kappa shape index (κ1) is 14.7. The zero-order valence-electron chi connectivity index (χ0n) is 10.4. The summed E-state index contributed by atoms with van der Waals surface area (Å²) in [4.78, 5) is 15.8. The molecule has 2 rings (SSSR count). The predicted octanol–water partition coefficient (Wildman–Crippen LogP) is 3.49. The van der Waals surface area contributed by atoms with E-state index in [0.717, 1.165) is 5.56 Å². The van der Waals surface area contributed by atoms with Crippen molar-refractivity contribution in [3.05, 3.63) is 63.9 Å². The van der Waals surface area contributed by atoms with E-state index in [1.807, 2.05) is 0 Å². The number of Topliss-reactive ketones (excluding diaryl/α,β-unsaturated/α-hetero) is 1. The van der Waals surface area contributed by atoms with E-state index in [2.05, 4.69) is 4.98 Å². The second-order valence-electron chi connectivity index (χ2n) is 4.05. The molecule has 1 heterocycles. The van der Waals surface area contributed by atoms with E-state index in [-0.39, 0.29) is 5.78 Å². The van der Waals surface area contributed by atoms with Gasteiger partial charge in [0, 0.05) is 18.0 Å². The van der Waals surface area contributed by atoms with Gasteiger partial charge in [-0.25, -0.2) is 0 Å². The largest absolute Gasteiger partial charge is 0.388 e. The van der Waals surface area contributed by atoms with Crippen molar-refractivity contribution >= 4 is 40.6 Å². The Labute approximate surface area is 126 Å². The van der Waals surface area contributed by atoms with Gasteiger partial charge in [-0.05, 0) is 41.5 Å². The maximum Gasteiger partial charge on any atom is 0.188 e. The average Bonchev–Trinajstić information content (AvgIpc) is 2.48. The Balaban J connectivity index is 2.50. The minimum atomic E-state index is -0.572. The maximum atomic E-state index is 11.9. The summed E-state index contributed by atoms with van der Waals surface area (Å²) in [7, 11) is 0. The minimum absolute atomic E-state index is 0.357. The van der Waals surface area contributed by atoms with Gasteiger partial charge < -0.3 is 5.11 Å². The summed E-state index contributed by atoms with van der Waals surface area (Å²) in [5.74, 6) is -0.389. The van der Waals surface area contributed by atoms with Gasteiger partial charge in [0.15, 0.2) is 5.78 Å². The Kier molecular flexibility index (Phi) is 4.90. The second-order valence-corrected chi connectivity index (χ2v) is 4.86. The summed E-state index contributed by atoms with van der Waals surface area (Å²) in [5, 5.41) is 9.88. The van der Waals surface area contributed by atoms with Gasteiger partial charge in [-0.2, -0.15) is 0 Å². The quantitative estimate of drug-likeness (QED) is 0.880. The summed E-state index contributed by atoms with van der Waals surface area (Å²) >= 11 is 11.8. The number of carbonyl (C=O) groups is 1. The molecule has 0 fully saturated rings. The first-order valence-electron chi connectivity index (χ1n) is 5.83. The highest BCUT2D eigenvalue weighted by molar-refractivity contribution is 6.42. The number of halogens is 2. The monoisotopic (exact) mass is 307 g/mol. The number of ketones is 1. The number of benzene rings is 1. The van der Waals surface area contributed by atoms with Crippen LogP contribution < -0.4 is 0 Å². The average molecular weight is 308 g/mol. The van der Waals surface area contributed by atoms with Crippen LogP contribution in [0.3, 0.4) is 0 Å². The number of nitrogens with zero attached hydrogens (tertiary/aromatic N) is 1. The molecule has 0 unspecified atom stereocenters. The van der Waals surface area contributed by atoms with E-state index >= 15 is 0 Å². The molecule has 0 atom stereocenters. The molecule has 0 spiro atoms. The zero-order chi connectivity index (χ0) is 14.5. The third-order valence-electron chi connectivity index (χ3n) is 2.69. The molecule has 1 aromatic heterocycles. The molecule has 0 bridgehead atoms. The molecule has 20 heavy (non-hydrogen) atoms. The van der Waals surface area contributed by atoms with E-state index in [9.17, 15) is 4.79 Å². The summed E-state index contributed by atoms with van der Waals surface area (Å²) in [6.07, 6.45) is 4.93. The number of rotatable bonds is 4. The molecule has 5 heteroatoms. The van der Waals surface area contributed by atoms with Gasteiger partial charge in [0.1, 0.15) is 6.61 Å². The van der Waals surface area contributed by atoms with Crippen molar-refractivity contribution in [2.24, 2.45) is 0 Å². The van der Waals surface area contributed by atoms with Crippen LogP contribution in [0, 0.1) is 0 Å². The van der Waals surface area contributed by atoms with Crippen LogP contribution in [0.25, 0.3) is 11.6 Å². The summed E-state index contributed by atoms with van der Waals surface area (Å²) in [6.45, 7) is -0.572. The Morgan fingerprint density at radius 2 is 1.85 bits per heavy atom. The number of carbonyl (C=O) groups excluding carboxylic acids is 1. The predicted molar refractivity (Wildman–Crippen MR) is 80.7 cm³/mol. The smallest absolute Gasteiger partial charge is 0.188 e. The molecular weight excluding hydrogens is 297 g/mol. The van der Waals surface area contributed by atoms with Crippen molar-refractivity contribution < 1.29 is 9.90 Å². The van der Waals surface area contributed by atoms with Gasteiger partial charge in [-0.1, -0.05) is 29.3 Å². The first-order chi connectivity index (χ1) is 9.61. The molecule has 2 aromatic rings. The van der Waals surface area contributed by atoms with Gasteiger partial charge in [-0.15, -0.1) is 0 Å². The van der Waals surface area contributed by atoms with Gasteiger partial charge in [0.2, 0.25) is 0 Å². The number of aliphatic hydroxyl groups excluding tert-OH is 1. The molecular formula is C15H11Cl2NO2. The number of hydrogen-bond acceptors (Lipinski definition) is 3. The SMILES string of the molecule is O=C(CO)C(=Cc1ccncc1)c1ccc(Cl)c(Cl)c1. The lowest BCUT2D eigenvalue weighted by Gasteiger charge is -2.07. The van der Waals surface area contributed by atoms with Gasteiger partial charge >= 0.3 is 0 Å². The zero-order valence-corrected chi connectivity index (χ0v) is 11.9. The minimum Gasteiger partial charge on any atom is -0.388 e. The highest BCUT2D eigenvalue weighted by Crippen LogP contribution is 2.27. The molecule has 102 valence electrons. The molecule has 0 aliphatic rings. The van der Waals surface area contributed by atoms with Crippen molar-refractivity contribution in [1.82, 2.24) is 4.98 Å².